The van der Waals surface area contributed by atoms with Crippen LogP contribution in [-0.4, -0.2) is 54.3 Å². The van der Waals surface area contributed by atoms with Crippen molar-refractivity contribution in [1.82, 2.24) is 15.1 Å². The van der Waals surface area contributed by atoms with E-state index in [1.165, 1.54) is 24.0 Å². The molecule has 0 spiro atoms. The van der Waals surface area contributed by atoms with Crippen LogP contribution in [0, 0.1) is 12.8 Å². The van der Waals surface area contributed by atoms with Gasteiger partial charge in [0.05, 0.1) is 6.04 Å². The molecule has 3 rings (SSSR count). The van der Waals surface area contributed by atoms with Gasteiger partial charge in [-0.2, -0.15) is 0 Å². The second kappa shape index (κ2) is 10.1. The summed E-state index contributed by atoms with van der Waals surface area (Å²) in [7, 11) is 0. The third-order valence-corrected chi connectivity index (χ3v) is 6.22. The van der Waals surface area contributed by atoms with Crippen molar-refractivity contribution in [3.8, 4) is 0 Å². The summed E-state index contributed by atoms with van der Waals surface area (Å²) in [6.07, 6.45) is 5.30. The van der Waals surface area contributed by atoms with Crippen LogP contribution in [0.15, 0.2) is 24.3 Å². The van der Waals surface area contributed by atoms with E-state index >= 15 is 0 Å². The van der Waals surface area contributed by atoms with Crippen molar-refractivity contribution in [2.24, 2.45) is 5.92 Å². The number of piperidine rings is 1. The van der Waals surface area contributed by atoms with E-state index in [0.717, 1.165) is 38.4 Å². The second-order valence-electron chi connectivity index (χ2n) is 8.54. The third-order valence-electron chi connectivity index (χ3n) is 6.22. The number of aryl methyl sites for hydroxylation is 1. The Kier molecular flexibility index (Phi) is 7.49. The lowest BCUT2D eigenvalue weighted by Crippen LogP contribution is -2.42. The van der Waals surface area contributed by atoms with Gasteiger partial charge in [0.25, 0.3) is 0 Å². The molecule has 1 aromatic carbocycles. The van der Waals surface area contributed by atoms with Crippen LogP contribution in [0.5, 0.6) is 0 Å². The van der Waals surface area contributed by atoms with Gasteiger partial charge in [-0.05, 0) is 57.2 Å². The monoisotopic (exact) mass is 385 g/mol. The molecule has 2 saturated heterocycles. The number of carbonyl (C=O) groups excluding carboxylic acids is 2. The normalized spacial score (nSPS) is 19.8. The number of carbonyl (C=O) groups is 2. The van der Waals surface area contributed by atoms with E-state index in [2.05, 4.69) is 48.3 Å². The molecule has 28 heavy (non-hydrogen) atoms. The summed E-state index contributed by atoms with van der Waals surface area (Å²) in [5, 5.41) is 3.16. The van der Waals surface area contributed by atoms with Crippen molar-refractivity contribution in [3.63, 3.8) is 0 Å². The fourth-order valence-electron chi connectivity index (χ4n) is 4.26. The van der Waals surface area contributed by atoms with Crippen molar-refractivity contribution >= 4 is 11.8 Å². The Balaban J connectivity index is 1.51. The molecule has 2 aliphatic heterocycles. The number of hydrogen-bond acceptors (Lipinski definition) is 3. The zero-order chi connectivity index (χ0) is 19.9. The number of amides is 2. The van der Waals surface area contributed by atoms with Crippen molar-refractivity contribution < 1.29 is 9.59 Å². The fourth-order valence-corrected chi connectivity index (χ4v) is 4.26. The van der Waals surface area contributed by atoms with Gasteiger partial charge < -0.3 is 10.2 Å². The van der Waals surface area contributed by atoms with Crippen molar-refractivity contribution in [3.05, 3.63) is 35.4 Å². The molecule has 2 amide bonds. The first-order chi connectivity index (χ1) is 13.5. The zero-order valence-corrected chi connectivity index (χ0v) is 17.5. The highest BCUT2D eigenvalue weighted by atomic mass is 16.2. The number of nitrogens with zero attached hydrogens (tertiary/aromatic N) is 2. The highest BCUT2D eigenvalue weighted by Gasteiger charge is 2.25. The largest absolute Gasteiger partial charge is 0.354 e. The van der Waals surface area contributed by atoms with Crippen LogP contribution in [0.3, 0.4) is 0 Å². The third kappa shape index (κ3) is 5.81. The Labute approximate surface area is 169 Å². The Morgan fingerprint density at radius 2 is 1.89 bits per heavy atom. The first-order valence-corrected chi connectivity index (χ1v) is 10.9. The molecule has 154 valence electrons. The molecule has 2 heterocycles. The molecule has 5 nitrogen and oxygen atoms in total. The molecule has 0 aliphatic carbocycles. The minimum atomic E-state index is 0.0918. The Morgan fingerprint density at radius 3 is 2.54 bits per heavy atom. The molecule has 0 bridgehead atoms. The summed E-state index contributed by atoms with van der Waals surface area (Å²) in [6.45, 7) is 8.82. The number of rotatable bonds is 8. The molecular formula is C23H35N3O2. The number of benzene rings is 1. The predicted molar refractivity (Wildman–Crippen MR) is 112 cm³/mol. The summed E-state index contributed by atoms with van der Waals surface area (Å²) in [5.41, 5.74) is 2.54. The Hall–Kier alpha value is -1.88. The van der Waals surface area contributed by atoms with Crippen LogP contribution in [0.2, 0.25) is 0 Å². The van der Waals surface area contributed by atoms with Crippen LogP contribution in [-0.2, 0) is 9.59 Å². The lowest BCUT2D eigenvalue weighted by Gasteiger charge is -2.37. The first kappa shape index (κ1) is 20.8. The van der Waals surface area contributed by atoms with Crippen molar-refractivity contribution in [2.45, 2.75) is 58.4 Å². The van der Waals surface area contributed by atoms with E-state index in [-0.39, 0.29) is 17.9 Å². The summed E-state index contributed by atoms with van der Waals surface area (Å²) in [4.78, 5) is 28.5. The predicted octanol–water partition coefficient (Wildman–Crippen LogP) is 3.29. The smallest absolute Gasteiger partial charge is 0.222 e. The molecule has 5 heteroatoms. The topological polar surface area (TPSA) is 52.7 Å². The molecule has 0 unspecified atom stereocenters. The van der Waals surface area contributed by atoms with Gasteiger partial charge in [-0.15, -0.1) is 0 Å². The molecule has 2 aliphatic rings. The molecule has 0 radical (unpaired) electrons. The highest BCUT2D eigenvalue weighted by Crippen LogP contribution is 2.26. The SMILES string of the molecule is Cc1ccc([C@H](CNC(=O)CCCN2CCCC2=O)N2CCC(C)CC2)cc1. The number of nitrogens with one attached hydrogen (secondary N) is 1. The van der Waals surface area contributed by atoms with E-state index in [0.29, 0.717) is 25.9 Å². The summed E-state index contributed by atoms with van der Waals surface area (Å²) in [5.74, 6) is 1.12. The minimum Gasteiger partial charge on any atom is -0.354 e. The molecule has 2 fully saturated rings. The van der Waals surface area contributed by atoms with Gasteiger partial charge in [-0.3, -0.25) is 14.5 Å². The Bertz CT molecular complexity index is 650. The molecular weight excluding hydrogens is 350 g/mol. The fraction of sp³-hybridized carbons (Fsp3) is 0.652. The first-order valence-electron chi connectivity index (χ1n) is 10.9. The van der Waals surface area contributed by atoms with Crippen LogP contribution in [0.1, 0.15) is 62.6 Å². The van der Waals surface area contributed by atoms with Crippen molar-refractivity contribution in [2.75, 3.05) is 32.7 Å². The van der Waals surface area contributed by atoms with Crippen LogP contribution < -0.4 is 5.32 Å². The lowest BCUT2D eigenvalue weighted by atomic mass is 9.95. The van der Waals surface area contributed by atoms with E-state index in [9.17, 15) is 9.59 Å². The maximum Gasteiger partial charge on any atom is 0.222 e. The van der Waals surface area contributed by atoms with Crippen LogP contribution >= 0.6 is 0 Å². The van der Waals surface area contributed by atoms with E-state index in [1.54, 1.807) is 0 Å². The minimum absolute atomic E-state index is 0.0918. The maximum atomic E-state index is 12.4. The molecule has 1 N–H and O–H groups in total. The summed E-state index contributed by atoms with van der Waals surface area (Å²) < 4.78 is 0. The highest BCUT2D eigenvalue weighted by molar-refractivity contribution is 5.78. The van der Waals surface area contributed by atoms with Gasteiger partial charge in [-0.25, -0.2) is 0 Å². The van der Waals surface area contributed by atoms with Gasteiger partial charge in [0.2, 0.25) is 11.8 Å². The summed E-state index contributed by atoms with van der Waals surface area (Å²) in [6, 6.07) is 8.94. The van der Waals surface area contributed by atoms with Crippen molar-refractivity contribution in [1.29, 1.82) is 0 Å². The number of hydrogen-bond donors (Lipinski definition) is 1. The second-order valence-corrected chi connectivity index (χ2v) is 8.54. The molecule has 0 aromatic heterocycles. The van der Waals surface area contributed by atoms with Gasteiger partial charge in [0.15, 0.2) is 0 Å². The standard InChI is InChI=1S/C23H35N3O2/c1-18-7-9-20(10-8-18)21(25-15-11-19(2)12-16-25)17-24-22(27)5-3-13-26-14-4-6-23(26)28/h7-10,19,21H,3-6,11-17H2,1-2H3,(H,24,27)/t21-/m0/s1. The van der Waals surface area contributed by atoms with Gasteiger partial charge >= 0.3 is 0 Å². The van der Waals surface area contributed by atoms with E-state index in [4.69, 9.17) is 0 Å². The molecule has 1 atom stereocenters. The van der Waals surface area contributed by atoms with E-state index < -0.39 is 0 Å². The van der Waals surface area contributed by atoms with Gasteiger partial charge in [-0.1, -0.05) is 36.8 Å². The lowest BCUT2D eigenvalue weighted by molar-refractivity contribution is -0.128. The molecule has 0 saturated carbocycles. The van der Waals surface area contributed by atoms with Crippen LogP contribution in [0.25, 0.3) is 0 Å². The average molecular weight is 386 g/mol. The Morgan fingerprint density at radius 1 is 1.18 bits per heavy atom. The maximum absolute atomic E-state index is 12.4. The molecule has 1 aromatic rings. The van der Waals surface area contributed by atoms with E-state index in [1.807, 2.05) is 4.90 Å². The quantitative estimate of drug-likeness (QED) is 0.747. The van der Waals surface area contributed by atoms with Gasteiger partial charge in [0.1, 0.15) is 0 Å². The number of likely N-dealkylation sites (tertiary alicyclic amines) is 2. The van der Waals surface area contributed by atoms with Crippen LogP contribution in [0.4, 0.5) is 0 Å². The zero-order valence-electron chi connectivity index (χ0n) is 17.5. The average Bonchev–Trinajstić information content (AvgIpc) is 3.09. The van der Waals surface area contributed by atoms with Gasteiger partial charge in [0, 0.05) is 32.5 Å². The summed E-state index contributed by atoms with van der Waals surface area (Å²) >= 11 is 0.